The lowest BCUT2D eigenvalue weighted by Gasteiger charge is -2.38. The molecule has 0 spiro atoms. The first-order chi connectivity index (χ1) is 14.4. The monoisotopic (exact) mass is 438 g/mol. The van der Waals surface area contributed by atoms with E-state index in [-0.39, 0.29) is 12.3 Å². The van der Waals surface area contributed by atoms with Crippen molar-refractivity contribution in [1.82, 2.24) is 5.32 Å². The van der Waals surface area contributed by atoms with E-state index in [9.17, 15) is 9.59 Å². The number of halogens is 2. The molecule has 3 aromatic carbocycles. The highest BCUT2D eigenvalue weighted by Crippen LogP contribution is 2.52. The van der Waals surface area contributed by atoms with Gasteiger partial charge in [0.15, 0.2) is 0 Å². The van der Waals surface area contributed by atoms with Crippen molar-refractivity contribution in [2.45, 2.75) is 17.9 Å². The smallest absolute Gasteiger partial charge is 0.225 e. The Kier molecular flexibility index (Phi) is 5.54. The zero-order valence-electron chi connectivity index (χ0n) is 16.0. The third-order valence-electron chi connectivity index (χ3n) is 5.67. The Hall–Kier alpha value is -2.82. The summed E-state index contributed by atoms with van der Waals surface area (Å²) >= 11 is 12.7. The molecule has 2 atom stereocenters. The minimum absolute atomic E-state index is 0.0612. The molecule has 6 heteroatoms. The Labute approximate surface area is 185 Å². The van der Waals surface area contributed by atoms with E-state index < -0.39 is 23.3 Å². The summed E-state index contributed by atoms with van der Waals surface area (Å²) in [6, 6.07) is 24.5. The first-order valence-electron chi connectivity index (χ1n) is 9.59. The largest absolute Gasteiger partial charge is 0.370 e. The Balaban J connectivity index is 2.04. The molecule has 2 amide bonds. The lowest BCUT2D eigenvalue weighted by Crippen LogP contribution is -2.43. The SMILES string of the molecule is NC(=O)C[C@@H]1C(=O)NC(c2cccc(Cl)c2)(c2cccc(Cl)c2)C1c1ccccc1. The van der Waals surface area contributed by atoms with Crippen LogP contribution in [0.3, 0.4) is 0 Å². The first-order valence-corrected chi connectivity index (χ1v) is 10.3. The van der Waals surface area contributed by atoms with Crippen molar-refractivity contribution in [1.29, 1.82) is 0 Å². The van der Waals surface area contributed by atoms with Gasteiger partial charge in [-0.1, -0.05) is 77.8 Å². The van der Waals surface area contributed by atoms with Crippen molar-refractivity contribution < 1.29 is 9.59 Å². The van der Waals surface area contributed by atoms with E-state index in [0.717, 1.165) is 16.7 Å². The summed E-state index contributed by atoms with van der Waals surface area (Å²) in [5.74, 6) is -1.79. The molecule has 1 aliphatic rings. The van der Waals surface area contributed by atoms with Crippen LogP contribution in [0.4, 0.5) is 0 Å². The van der Waals surface area contributed by atoms with E-state index in [1.165, 1.54) is 0 Å². The van der Waals surface area contributed by atoms with Crippen LogP contribution in [0.25, 0.3) is 0 Å². The normalized spacial score (nSPS) is 20.0. The van der Waals surface area contributed by atoms with Crippen LogP contribution in [0, 0.1) is 5.92 Å². The zero-order valence-corrected chi connectivity index (χ0v) is 17.5. The molecule has 1 aliphatic heterocycles. The van der Waals surface area contributed by atoms with Gasteiger partial charge in [0.05, 0.1) is 11.5 Å². The molecule has 0 bridgehead atoms. The predicted molar refractivity (Wildman–Crippen MR) is 118 cm³/mol. The summed E-state index contributed by atoms with van der Waals surface area (Å²) in [7, 11) is 0. The van der Waals surface area contributed by atoms with Crippen LogP contribution in [0.15, 0.2) is 78.9 Å². The van der Waals surface area contributed by atoms with Gasteiger partial charge in [0.1, 0.15) is 0 Å². The molecule has 1 saturated heterocycles. The van der Waals surface area contributed by atoms with Gasteiger partial charge in [0.2, 0.25) is 11.8 Å². The molecule has 0 radical (unpaired) electrons. The number of benzene rings is 3. The summed E-state index contributed by atoms with van der Waals surface area (Å²) in [5, 5.41) is 4.29. The van der Waals surface area contributed by atoms with Gasteiger partial charge < -0.3 is 11.1 Å². The third kappa shape index (κ3) is 3.57. The first kappa shape index (κ1) is 20.5. The van der Waals surface area contributed by atoms with E-state index in [1.807, 2.05) is 66.7 Å². The summed E-state index contributed by atoms with van der Waals surface area (Å²) in [4.78, 5) is 25.1. The molecule has 3 N–H and O–H groups in total. The zero-order chi connectivity index (χ0) is 21.3. The molecular weight excluding hydrogens is 419 g/mol. The number of rotatable bonds is 5. The Morgan fingerprint density at radius 2 is 1.47 bits per heavy atom. The van der Waals surface area contributed by atoms with Crippen LogP contribution in [0.2, 0.25) is 10.0 Å². The van der Waals surface area contributed by atoms with Gasteiger partial charge in [0.25, 0.3) is 0 Å². The van der Waals surface area contributed by atoms with Crippen molar-refractivity contribution >= 4 is 35.0 Å². The van der Waals surface area contributed by atoms with E-state index in [0.29, 0.717) is 10.0 Å². The summed E-state index contributed by atoms with van der Waals surface area (Å²) < 4.78 is 0. The number of primary amides is 1. The summed E-state index contributed by atoms with van der Waals surface area (Å²) in [5.41, 5.74) is 7.11. The van der Waals surface area contributed by atoms with Gasteiger partial charge in [-0.05, 0) is 41.0 Å². The second kappa shape index (κ2) is 8.13. The van der Waals surface area contributed by atoms with Gasteiger partial charge in [-0.3, -0.25) is 9.59 Å². The van der Waals surface area contributed by atoms with E-state index in [4.69, 9.17) is 28.9 Å². The number of carbonyl (C=O) groups is 2. The molecule has 0 saturated carbocycles. The van der Waals surface area contributed by atoms with E-state index in [1.54, 1.807) is 12.1 Å². The maximum Gasteiger partial charge on any atom is 0.225 e. The number of amides is 2. The summed E-state index contributed by atoms with van der Waals surface area (Å²) in [6.07, 6.45) is -0.0612. The van der Waals surface area contributed by atoms with Crippen LogP contribution >= 0.6 is 23.2 Å². The lowest BCUT2D eigenvalue weighted by molar-refractivity contribution is -0.127. The molecule has 152 valence electrons. The highest BCUT2D eigenvalue weighted by molar-refractivity contribution is 6.31. The van der Waals surface area contributed by atoms with Crippen molar-refractivity contribution in [3.05, 3.63) is 106 Å². The molecule has 0 aliphatic carbocycles. The van der Waals surface area contributed by atoms with Crippen molar-refractivity contribution in [2.75, 3.05) is 0 Å². The van der Waals surface area contributed by atoms with Crippen LogP contribution < -0.4 is 11.1 Å². The Morgan fingerprint density at radius 1 is 0.900 bits per heavy atom. The molecular formula is C24H20Cl2N2O2. The maximum atomic E-state index is 13.2. The summed E-state index contributed by atoms with van der Waals surface area (Å²) in [6.45, 7) is 0. The molecule has 1 unspecified atom stereocenters. The molecule has 0 aromatic heterocycles. The average Bonchev–Trinajstić information content (AvgIpc) is 3.01. The number of nitrogens with two attached hydrogens (primary N) is 1. The van der Waals surface area contributed by atoms with Crippen LogP contribution in [0.1, 0.15) is 29.0 Å². The van der Waals surface area contributed by atoms with E-state index in [2.05, 4.69) is 5.32 Å². The number of carbonyl (C=O) groups excluding carboxylic acids is 2. The van der Waals surface area contributed by atoms with E-state index >= 15 is 0 Å². The van der Waals surface area contributed by atoms with Crippen LogP contribution in [-0.4, -0.2) is 11.8 Å². The number of nitrogens with one attached hydrogen (secondary N) is 1. The Bertz CT molecular complexity index is 1060. The topological polar surface area (TPSA) is 72.2 Å². The molecule has 4 rings (SSSR count). The second-order valence-corrected chi connectivity index (χ2v) is 8.36. The van der Waals surface area contributed by atoms with Gasteiger partial charge in [-0.15, -0.1) is 0 Å². The van der Waals surface area contributed by atoms with Crippen molar-refractivity contribution in [3.63, 3.8) is 0 Å². The fourth-order valence-corrected chi connectivity index (χ4v) is 4.91. The fourth-order valence-electron chi connectivity index (χ4n) is 4.53. The highest BCUT2D eigenvalue weighted by atomic mass is 35.5. The minimum Gasteiger partial charge on any atom is -0.370 e. The number of hydrogen-bond acceptors (Lipinski definition) is 2. The van der Waals surface area contributed by atoms with Crippen molar-refractivity contribution in [3.8, 4) is 0 Å². The van der Waals surface area contributed by atoms with Crippen LogP contribution in [0.5, 0.6) is 0 Å². The van der Waals surface area contributed by atoms with Gasteiger partial charge in [-0.2, -0.15) is 0 Å². The quantitative estimate of drug-likeness (QED) is 0.608. The number of hydrogen-bond donors (Lipinski definition) is 2. The second-order valence-electron chi connectivity index (χ2n) is 7.48. The van der Waals surface area contributed by atoms with Gasteiger partial charge in [-0.25, -0.2) is 0 Å². The highest BCUT2D eigenvalue weighted by Gasteiger charge is 2.55. The van der Waals surface area contributed by atoms with Crippen LogP contribution in [-0.2, 0) is 15.1 Å². The molecule has 3 aromatic rings. The fraction of sp³-hybridized carbons (Fsp3) is 0.167. The lowest BCUT2D eigenvalue weighted by atomic mass is 9.68. The van der Waals surface area contributed by atoms with Gasteiger partial charge >= 0.3 is 0 Å². The molecule has 1 fully saturated rings. The van der Waals surface area contributed by atoms with Gasteiger partial charge in [0, 0.05) is 22.4 Å². The Morgan fingerprint density at radius 3 is 1.97 bits per heavy atom. The standard InChI is InChI=1S/C24H20Cl2N2O2/c25-18-10-4-8-16(12-18)24(17-9-5-11-19(26)13-17)22(15-6-2-1-3-7-15)20(14-21(27)29)23(30)28-24/h1-13,20,22H,14H2,(H2,27,29)(H,28,30)/t20-,22?/m0/s1. The third-order valence-corrected chi connectivity index (χ3v) is 6.14. The predicted octanol–water partition coefficient (Wildman–Crippen LogP) is 4.64. The molecule has 4 nitrogen and oxygen atoms in total. The molecule has 1 heterocycles. The molecule has 30 heavy (non-hydrogen) atoms. The maximum absolute atomic E-state index is 13.2. The average molecular weight is 439 g/mol. The minimum atomic E-state index is -0.964. The van der Waals surface area contributed by atoms with Crippen molar-refractivity contribution in [2.24, 2.45) is 11.7 Å².